The number of sulfonamides is 1. The van der Waals surface area contributed by atoms with Gasteiger partial charge in [0.2, 0.25) is 10.0 Å². The Bertz CT molecular complexity index is 1090. The molecular weight excluding hydrogens is 650 g/mol. The molecule has 0 N–H and O–H groups in total. The van der Waals surface area contributed by atoms with Gasteiger partial charge in [-0.3, -0.25) is 0 Å². The van der Waals surface area contributed by atoms with Gasteiger partial charge in [-0.25, -0.2) is 8.42 Å². The first-order valence-electron chi connectivity index (χ1n) is 10.4. The SMILES string of the molecule is C=CCOCc1c(Br)c(COCC=C)c(Br)c(CN(CC=C)S(=O)(=O)c2ccc(C)cc2)c1Br. The smallest absolute Gasteiger partial charge is 0.243 e. The molecule has 0 aliphatic carbocycles. The second kappa shape index (κ2) is 13.9. The van der Waals surface area contributed by atoms with Gasteiger partial charge in [-0.05, 0) is 40.5 Å². The molecule has 2 aromatic carbocycles. The summed E-state index contributed by atoms with van der Waals surface area (Å²) in [5, 5.41) is 0. The molecule has 0 saturated heterocycles. The first kappa shape index (κ1) is 29.2. The van der Waals surface area contributed by atoms with Crippen molar-refractivity contribution in [3.63, 3.8) is 0 Å². The van der Waals surface area contributed by atoms with Gasteiger partial charge in [-0.1, -0.05) is 67.8 Å². The molecule has 0 bridgehead atoms. The molecule has 0 aliphatic heterocycles. The van der Waals surface area contributed by atoms with E-state index in [2.05, 4.69) is 67.5 Å². The average Bonchev–Trinajstić information content (AvgIpc) is 2.80. The Kier molecular flexibility index (Phi) is 11.9. The summed E-state index contributed by atoms with van der Waals surface area (Å²) in [6, 6.07) is 6.81. The number of benzene rings is 2. The summed E-state index contributed by atoms with van der Waals surface area (Å²) < 4.78 is 42.1. The Labute approximate surface area is 228 Å². The van der Waals surface area contributed by atoms with Crippen LogP contribution in [0, 0.1) is 6.92 Å². The number of hydrogen-bond donors (Lipinski definition) is 0. The maximum absolute atomic E-state index is 13.5. The maximum atomic E-state index is 13.5. The molecule has 34 heavy (non-hydrogen) atoms. The largest absolute Gasteiger partial charge is 0.373 e. The predicted molar refractivity (Wildman–Crippen MR) is 148 cm³/mol. The monoisotopic (exact) mass is 675 g/mol. The maximum Gasteiger partial charge on any atom is 0.243 e. The second-order valence-electron chi connectivity index (χ2n) is 7.38. The van der Waals surface area contributed by atoms with E-state index in [1.54, 1.807) is 42.5 Å². The molecule has 2 aromatic rings. The van der Waals surface area contributed by atoms with Gasteiger partial charge in [0, 0.05) is 37.6 Å². The minimum absolute atomic E-state index is 0.111. The number of hydrogen-bond acceptors (Lipinski definition) is 4. The van der Waals surface area contributed by atoms with Gasteiger partial charge in [0.25, 0.3) is 0 Å². The Balaban J connectivity index is 2.58. The lowest BCUT2D eigenvalue weighted by Crippen LogP contribution is -2.31. The van der Waals surface area contributed by atoms with E-state index in [-0.39, 0.29) is 18.0 Å². The quantitative estimate of drug-likeness (QED) is 0.159. The summed E-state index contributed by atoms with van der Waals surface area (Å²) in [5.74, 6) is 0. The highest BCUT2D eigenvalue weighted by Gasteiger charge is 2.28. The van der Waals surface area contributed by atoms with Crippen LogP contribution in [-0.4, -0.2) is 32.5 Å². The molecule has 0 unspecified atom stereocenters. The zero-order valence-corrected chi connectivity index (χ0v) is 24.6. The number of halogens is 3. The summed E-state index contributed by atoms with van der Waals surface area (Å²) in [7, 11) is -3.77. The Morgan fingerprint density at radius 1 is 0.824 bits per heavy atom. The Morgan fingerprint density at radius 2 is 1.29 bits per heavy atom. The van der Waals surface area contributed by atoms with Crippen molar-refractivity contribution in [3.8, 4) is 0 Å². The summed E-state index contributed by atoms with van der Waals surface area (Å²) in [5.41, 5.74) is 3.45. The number of aryl methyl sites for hydroxylation is 1. The van der Waals surface area contributed by atoms with Crippen LogP contribution < -0.4 is 0 Å². The van der Waals surface area contributed by atoms with Crippen molar-refractivity contribution in [1.82, 2.24) is 4.31 Å². The van der Waals surface area contributed by atoms with Crippen molar-refractivity contribution in [3.05, 3.63) is 97.9 Å². The summed E-state index contributed by atoms with van der Waals surface area (Å²) in [6.07, 6.45) is 4.93. The molecule has 0 fully saturated rings. The van der Waals surface area contributed by atoms with Crippen LogP contribution in [-0.2, 0) is 39.3 Å². The predicted octanol–water partition coefficient (Wildman–Crippen LogP) is 7.06. The molecule has 184 valence electrons. The fourth-order valence-electron chi connectivity index (χ4n) is 3.14. The van der Waals surface area contributed by atoms with E-state index >= 15 is 0 Å². The molecule has 2 rings (SSSR count). The van der Waals surface area contributed by atoms with Crippen LogP contribution in [0.15, 0.2) is 80.5 Å². The van der Waals surface area contributed by atoms with Gasteiger partial charge in [0.05, 0.1) is 31.3 Å². The van der Waals surface area contributed by atoms with Crippen LogP contribution in [0.1, 0.15) is 22.3 Å². The molecule has 5 nitrogen and oxygen atoms in total. The van der Waals surface area contributed by atoms with Crippen molar-refractivity contribution >= 4 is 57.8 Å². The molecular formula is C25H28Br3NO4S. The fraction of sp³-hybridized carbons (Fsp3) is 0.280. The third-order valence-electron chi connectivity index (χ3n) is 4.88. The molecule has 0 aliphatic rings. The summed E-state index contributed by atoms with van der Waals surface area (Å²) in [4.78, 5) is 0.230. The number of rotatable bonds is 14. The van der Waals surface area contributed by atoms with Crippen molar-refractivity contribution in [2.75, 3.05) is 19.8 Å². The van der Waals surface area contributed by atoms with Crippen LogP contribution in [0.2, 0.25) is 0 Å². The van der Waals surface area contributed by atoms with Gasteiger partial charge in [0.1, 0.15) is 0 Å². The van der Waals surface area contributed by atoms with E-state index in [4.69, 9.17) is 9.47 Å². The molecule has 0 amide bonds. The molecule has 0 atom stereocenters. The van der Waals surface area contributed by atoms with Crippen molar-refractivity contribution in [2.24, 2.45) is 0 Å². The lowest BCUT2D eigenvalue weighted by molar-refractivity contribution is 0.143. The highest BCUT2D eigenvalue weighted by molar-refractivity contribution is 9.11. The average molecular weight is 678 g/mol. The normalized spacial score (nSPS) is 11.6. The van der Waals surface area contributed by atoms with Crippen LogP contribution in [0.4, 0.5) is 0 Å². The van der Waals surface area contributed by atoms with Crippen LogP contribution in [0.3, 0.4) is 0 Å². The van der Waals surface area contributed by atoms with Gasteiger partial charge in [0.15, 0.2) is 0 Å². The summed E-state index contributed by atoms with van der Waals surface area (Å²) >= 11 is 11.1. The zero-order valence-electron chi connectivity index (χ0n) is 19.0. The Morgan fingerprint density at radius 3 is 1.74 bits per heavy atom. The van der Waals surface area contributed by atoms with Gasteiger partial charge in [-0.15, -0.1) is 19.7 Å². The lowest BCUT2D eigenvalue weighted by Gasteiger charge is -2.25. The molecule has 0 aromatic heterocycles. The van der Waals surface area contributed by atoms with Gasteiger partial charge in [-0.2, -0.15) is 4.31 Å². The van der Waals surface area contributed by atoms with E-state index in [9.17, 15) is 8.42 Å². The third kappa shape index (κ3) is 7.22. The van der Waals surface area contributed by atoms with E-state index < -0.39 is 10.0 Å². The van der Waals surface area contributed by atoms with Gasteiger partial charge >= 0.3 is 0 Å². The molecule has 0 heterocycles. The minimum Gasteiger partial charge on any atom is -0.373 e. The molecule has 0 saturated carbocycles. The zero-order chi connectivity index (χ0) is 25.3. The van der Waals surface area contributed by atoms with E-state index in [1.807, 2.05) is 6.92 Å². The van der Waals surface area contributed by atoms with E-state index in [0.29, 0.717) is 26.4 Å². The van der Waals surface area contributed by atoms with Crippen LogP contribution in [0.5, 0.6) is 0 Å². The van der Waals surface area contributed by atoms with E-state index in [0.717, 1.165) is 35.7 Å². The highest BCUT2D eigenvalue weighted by Crippen LogP contribution is 2.41. The standard InChI is InChI=1S/C25H28Br3NO4S/c1-5-12-29(34(30,31)19-10-8-18(4)9-11-19)15-20-23(26)21(16-32-13-6-2)25(28)22(24(20)27)17-33-14-7-3/h5-11H,1-3,12-17H2,4H3. The molecule has 9 heteroatoms. The van der Waals surface area contributed by atoms with Crippen molar-refractivity contribution < 1.29 is 17.9 Å². The van der Waals surface area contributed by atoms with Crippen LogP contribution >= 0.6 is 47.8 Å². The first-order valence-corrected chi connectivity index (χ1v) is 14.2. The topological polar surface area (TPSA) is 55.8 Å². The van der Waals surface area contributed by atoms with Crippen molar-refractivity contribution in [1.29, 1.82) is 0 Å². The lowest BCUT2D eigenvalue weighted by atomic mass is 10.1. The third-order valence-corrected chi connectivity index (χ3v) is 9.58. The fourth-order valence-corrected chi connectivity index (χ4v) is 7.22. The molecule has 0 radical (unpaired) electrons. The first-order chi connectivity index (χ1) is 16.2. The Hall–Kier alpha value is -1.07. The molecule has 0 spiro atoms. The minimum atomic E-state index is -3.77. The van der Waals surface area contributed by atoms with Crippen molar-refractivity contribution in [2.45, 2.75) is 31.6 Å². The summed E-state index contributed by atoms with van der Waals surface area (Å²) in [6.45, 7) is 14.7. The number of nitrogens with zero attached hydrogens (tertiary/aromatic N) is 1. The second-order valence-corrected chi connectivity index (χ2v) is 11.7. The van der Waals surface area contributed by atoms with E-state index in [1.165, 1.54) is 4.31 Å². The van der Waals surface area contributed by atoms with Gasteiger partial charge < -0.3 is 9.47 Å². The number of ether oxygens (including phenoxy) is 2. The van der Waals surface area contributed by atoms with Crippen LogP contribution in [0.25, 0.3) is 0 Å². The highest BCUT2D eigenvalue weighted by atomic mass is 79.9.